The minimum atomic E-state index is -3.67. The summed E-state index contributed by atoms with van der Waals surface area (Å²) in [7, 11) is -3.67. The molecule has 3 aromatic carbocycles. The van der Waals surface area contributed by atoms with E-state index in [4.69, 9.17) is 4.74 Å². The lowest BCUT2D eigenvalue weighted by Gasteiger charge is -2.24. The molecule has 168 valence electrons. The number of benzene rings is 3. The van der Waals surface area contributed by atoms with E-state index < -0.39 is 10.0 Å². The summed E-state index contributed by atoms with van der Waals surface area (Å²) in [5.74, 6) is 0.869. The average Bonchev–Trinajstić information content (AvgIpc) is 2.72. The number of nitrogens with zero attached hydrogens (tertiary/aromatic N) is 1. The molecule has 0 heterocycles. The maximum absolute atomic E-state index is 12.7. The van der Waals surface area contributed by atoms with Crippen molar-refractivity contribution in [3.63, 3.8) is 0 Å². The number of hydrogen-bond donors (Lipinski definition) is 1. The number of anilines is 1. The Kier molecular flexibility index (Phi) is 7.20. The predicted molar refractivity (Wildman–Crippen MR) is 128 cm³/mol. The van der Waals surface area contributed by atoms with Crippen LogP contribution in [0, 0.1) is 13.8 Å². The lowest BCUT2D eigenvalue weighted by atomic mass is 10.0. The molecule has 7 heteroatoms. The smallest absolute Gasteiger partial charge is 0.241 e. The number of carbonyl (C=O) groups excluding carboxylic acids is 1. The molecular formula is C25H28N2O4S. The summed E-state index contributed by atoms with van der Waals surface area (Å²) in [6, 6.07) is 21.7. The number of nitrogens with one attached hydrogen (secondary N) is 1. The Morgan fingerprint density at radius 2 is 1.59 bits per heavy atom. The van der Waals surface area contributed by atoms with Crippen LogP contribution in [-0.2, 0) is 14.8 Å². The summed E-state index contributed by atoms with van der Waals surface area (Å²) >= 11 is 0. The highest BCUT2D eigenvalue weighted by Gasteiger charge is 2.22. The van der Waals surface area contributed by atoms with Gasteiger partial charge in [0.1, 0.15) is 18.0 Å². The van der Waals surface area contributed by atoms with Crippen molar-refractivity contribution in [2.24, 2.45) is 0 Å². The fourth-order valence-corrected chi connectivity index (χ4v) is 4.37. The van der Waals surface area contributed by atoms with Crippen molar-refractivity contribution in [3.05, 3.63) is 89.5 Å². The van der Waals surface area contributed by atoms with Crippen LogP contribution in [0.1, 0.15) is 29.7 Å². The topological polar surface area (TPSA) is 75.7 Å². The van der Waals surface area contributed by atoms with Crippen LogP contribution in [0.2, 0.25) is 0 Å². The standard InChI is InChI=1S/C25H28N2O4S/c1-18-10-15-24(19(2)16-18)20(3)26-25(28)17-27(32(4,29)30)21-11-13-23(14-12-21)31-22-8-6-5-7-9-22/h5-16,20H,17H2,1-4H3,(H,26,28)/t20-/m0/s1. The van der Waals surface area contributed by atoms with Crippen LogP contribution in [0.15, 0.2) is 72.8 Å². The molecule has 0 fully saturated rings. The first-order valence-electron chi connectivity index (χ1n) is 10.3. The Morgan fingerprint density at radius 3 is 2.19 bits per heavy atom. The maximum Gasteiger partial charge on any atom is 0.241 e. The third-order valence-corrected chi connectivity index (χ3v) is 6.20. The van der Waals surface area contributed by atoms with Gasteiger partial charge in [0.05, 0.1) is 18.0 Å². The molecule has 0 bridgehead atoms. The van der Waals surface area contributed by atoms with E-state index in [0.29, 0.717) is 17.2 Å². The summed E-state index contributed by atoms with van der Waals surface area (Å²) < 4.78 is 31.7. The van der Waals surface area contributed by atoms with Crippen molar-refractivity contribution < 1.29 is 17.9 Å². The Labute approximate surface area is 189 Å². The number of sulfonamides is 1. The summed E-state index contributed by atoms with van der Waals surface area (Å²) in [5.41, 5.74) is 3.61. The molecule has 1 atom stereocenters. The molecule has 3 aromatic rings. The predicted octanol–water partition coefficient (Wildman–Crippen LogP) is 4.74. The van der Waals surface area contributed by atoms with E-state index in [1.165, 1.54) is 0 Å². The lowest BCUT2D eigenvalue weighted by molar-refractivity contribution is -0.120. The summed E-state index contributed by atoms with van der Waals surface area (Å²) in [6.45, 7) is 5.58. The monoisotopic (exact) mass is 452 g/mol. The molecule has 0 unspecified atom stereocenters. The van der Waals surface area contributed by atoms with Crippen molar-refractivity contribution in [2.75, 3.05) is 17.1 Å². The minimum Gasteiger partial charge on any atom is -0.457 e. The van der Waals surface area contributed by atoms with Crippen molar-refractivity contribution in [2.45, 2.75) is 26.8 Å². The number of aryl methyl sites for hydroxylation is 2. The van der Waals surface area contributed by atoms with Gasteiger partial charge in [0.15, 0.2) is 0 Å². The van der Waals surface area contributed by atoms with Gasteiger partial charge in [-0.1, -0.05) is 42.0 Å². The van der Waals surface area contributed by atoms with Gasteiger partial charge in [-0.25, -0.2) is 8.42 Å². The Balaban J connectivity index is 1.72. The fraction of sp³-hybridized carbons (Fsp3) is 0.240. The zero-order chi connectivity index (χ0) is 23.3. The molecule has 32 heavy (non-hydrogen) atoms. The van der Waals surface area contributed by atoms with Crippen LogP contribution in [-0.4, -0.2) is 27.1 Å². The number of amides is 1. The van der Waals surface area contributed by atoms with Crippen LogP contribution in [0.5, 0.6) is 11.5 Å². The second kappa shape index (κ2) is 9.87. The Morgan fingerprint density at radius 1 is 0.969 bits per heavy atom. The van der Waals surface area contributed by atoms with Gasteiger partial charge in [-0.05, 0) is 68.3 Å². The van der Waals surface area contributed by atoms with E-state index in [-0.39, 0.29) is 18.5 Å². The van der Waals surface area contributed by atoms with Gasteiger partial charge in [-0.3, -0.25) is 9.10 Å². The van der Waals surface area contributed by atoms with Crippen LogP contribution in [0.3, 0.4) is 0 Å². The summed E-state index contributed by atoms with van der Waals surface area (Å²) in [6.07, 6.45) is 1.09. The Bertz CT molecular complexity index is 1180. The van der Waals surface area contributed by atoms with Gasteiger partial charge in [-0.2, -0.15) is 0 Å². The maximum atomic E-state index is 12.7. The average molecular weight is 453 g/mol. The number of carbonyl (C=O) groups is 1. The number of rotatable bonds is 8. The zero-order valence-electron chi connectivity index (χ0n) is 18.7. The van der Waals surface area contributed by atoms with Crippen molar-refractivity contribution in [1.82, 2.24) is 5.32 Å². The second-order valence-electron chi connectivity index (χ2n) is 7.83. The molecular weight excluding hydrogens is 424 g/mol. The second-order valence-corrected chi connectivity index (χ2v) is 9.73. The first-order chi connectivity index (χ1) is 15.1. The first kappa shape index (κ1) is 23.3. The van der Waals surface area contributed by atoms with Gasteiger partial charge in [0.25, 0.3) is 0 Å². The molecule has 0 saturated carbocycles. The van der Waals surface area contributed by atoms with Crippen molar-refractivity contribution >= 4 is 21.6 Å². The van der Waals surface area contributed by atoms with E-state index in [1.807, 2.05) is 63.2 Å². The van der Waals surface area contributed by atoms with Crippen LogP contribution in [0.25, 0.3) is 0 Å². The highest BCUT2D eigenvalue weighted by atomic mass is 32.2. The van der Waals surface area contributed by atoms with Crippen molar-refractivity contribution in [1.29, 1.82) is 0 Å². The van der Waals surface area contributed by atoms with Gasteiger partial charge in [0, 0.05) is 0 Å². The first-order valence-corrected chi connectivity index (χ1v) is 12.2. The molecule has 0 radical (unpaired) electrons. The van der Waals surface area contributed by atoms with E-state index in [0.717, 1.165) is 27.3 Å². The number of ether oxygens (including phenoxy) is 1. The Hall–Kier alpha value is -3.32. The molecule has 1 N–H and O–H groups in total. The van der Waals surface area contributed by atoms with Gasteiger partial charge < -0.3 is 10.1 Å². The van der Waals surface area contributed by atoms with Crippen LogP contribution in [0.4, 0.5) is 5.69 Å². The molecule has 6 nitrogen and oxygen atoms in total. The highest BCUT2D eigenvalue weighted by Crippen LogP contribution is 2.25. The molecule has 0 aromatic heterocycles. The van der Waals surface area contributed by atoms with E-state index in [9.17, 15) is 13.2 Å². The van der Waals surface area contributed by atoms with Crippen LogP contribution >= 0.6 is 0 Å². The zero-order valence-corrected chi connectivity index (χ0v) is 19.5. The molecule has 0 saturated heterocycles. The number of hydrogen-bond acceptors (Lipinski definition) is 4. The quantitative estimate of drug-likeness (QED) is 0.536. The lowest BCUT2D eigenvalue weighted by Crippen LogP contribution is -2.41. The van der Waals surface area contributed by atoms with E-state index in [2.05, 4.69) is 11.4 Å². The SMILES string of the molecule is Cc1ccc([C@H](C)NC(=O)CN(c2ccc(Oc3ccccc3)cc2)S(C)(=O)=O)c(C)c1. The largest absolute Gasteiger partial charge is 0.457 e. The molecule has 1 amide bonds. The molecule has 0 aliphatic rings. The number of para-hydroxylation sites is 1. The molecule has 0 aliphatic heterocycles. The summed E-state index contributed by atoms with van der Waals surface area (Å²) in [4.78, 5) is 12.7. The van der Waals surface area contributed by atoms with Gasteiger partial charge in [-0.15, -0.1) is 0 Å². The summed E-state index contributed by atoms with van der Waals surface area (Å²) in [5, 5.41) is 2.90. The van der Waals surface area contributed by atoms with Crippen molar-refractivity contribution in [3.8, 4) is 11.5 Å². The molecule has 3 rings (SSSR count). The molecule has 0 spiro atoms. The molecule has 0 aliphatic carbocycles. The normalized spacial score (nSPS) is 12.1. The van der Waals surface area contributed by atoms with E-state index in [1.54, 1.807) is 24.3 Å². The minimum absolute atomic E-state index is 0.244. The van der Waals surface area contributed by atoms with Gasteiger partial charge in [0.2, 0.25) is 15.9 Å². The highest BCUT2D eigenvalue weighted by molar-refractivity contribution is 7.92. The van der Waals surface area contributed by atoms with E-state index >= 15 is 0 Å². The third kappa shape index (κ3) is 6.11. The third-order valence-electron chi connectivity index (χ3n) is 5.06. The van der Waals surface area contributed by atoms with Crippen LogP contribution < -0.4 is 14.4 Å². The van der Waals surface area contributed by atoms with Gasteiger partial charge >= 0.3 is 0 Å². The fourth-order valence-electron chi connectivity index (χ4n) is 3.51.